The van der Waals surface area contributed by atoms with Crippen molar-refractivity contribution in [2.45, 2.75) is 437 Å². The molecule has 0 N–H and O–H groups in total. The van der Waals surface area contributed by atoms with Crippen molar-refractivity contribution < 1.29 is 8.83 Å². The minimum absolute atomic E-state index is 0.0367. The second-order valence-electron chi connectivity index (χ2n) is 47.8. The molecule has 13 aromatic carbocycles. The number of hydrogen-bond acceptors (Lipinski definition) is 3. The number of nitrogens with zero attached hydrogens (tertiary/aromatic N) is 1. The molecule has 0 fully saturated rings. The van der Waals surface area contributed by atoms with Crippen LogP contribution in [-0.4, -0.2) is 0 Å². The van der Waals surface area contributed by atoms with Crippen LogP contribution in [0.4, 0.5) is 17.1 Å². The van der Waals surface area contributed by atoms with E-state index in [-0.39, 0.29) is 27.1 Å². The molecule has 149 heavy (non-hydrogen) atoms. The first kappa shape index (κ1) is 105. The smallest absolute Gasteiger partial charge is 0.143 e. The highest BCUT2D eigenvalue weighted by molar-refractivity contribution is 6.19. The summed E-state index contributed by atoms with van der Waals surface area (Å²) in [5.41, 5.74) is 45.5. The number of aryl methyl sites for hydroxylation is 1. The van der Waals surface area contributed by atoms with Gasteiger partial charge >= 0.3 is 0 Å². The predicted molar refractivity (Wildman–Crippen MR) is 645 cm³/mol. The molecular weight excluding hydrogens is 1800 g/mol. The highest BCUT2D eigenvalue weighted by atomic mass is 16.3. The summed E-state index contributed by atoms with van der Waals surface area (Å²) in [6.45, 7) is 26.3. The van der Waals surface area contributed by atoms with Crippen LogP contribution in [0.2, 0.25) is 0 Å². The lowest BCUT2D eigenvalue weighted by Crippen LogP contribution is -2.27. The molecule has 0 unspecified atom stereocenters. The molecule has 0 spiro atoms. The standard InChI is InChI=1S/C146H177NO2/c1-12-20-28-36-44-58-89-144(90-59-45-37-29-21-13-2)125-85-86-136-139(119-66-49-52-69-134(119)148-136)138(125)123-103-131-122(102-132(123)144)117-83-78-111(99-129(117)145(131,91-60-46-38-30-22-14-3)92-61-47-39-31-23-15-4)147(110-64-62-63-104(9)95-110)112-79-84-118-130(100-112)146(93-56-42-34-26-18-7,94-57-43-35-27-19-8)133-101-121(141-140(137(118)133)120-67-50-53-70-135(120)149-141)106-73-71-105(72-74-106)107-75-80-114-115-81-76-108(97-127(115)142(10,11)126(114)96-107)109-77-82-116-113-65-48-51-68-124(113)143(128(116)98-109,87-54-40-32-24-16-5)88-55-41-33-25-17-6/h48-53,62-86,95-103H,12-47,54-61,87-94H2,1-11H3. The fraction of sp³-hybridized carbons (Fsp3) is 0.466. The minimum Gasteiger partial charge on any atom is -0.456 e. The molecule has 0 aliphatic heterocycles. The molecule has 15 aromatic rings. The second-order valence-corrected chi connectivity index (χ2v) is 47.8. The first-order valence-corrected chi connectivity index (χ1v) is 61.2. The van der Waals surface area contributed by atoms with Crippen molar-refractivity contribution in [2.75, 3.05) is 4.90 Å². The van der Waals surface area contributed by atoms with Crippen LogP contribution >= 0.6 is 0 Å². The molecule has 2 heterocycles. The van der Waals surface area contributed by atoms with Gasteiger partial charge in [0.1, 0.15) is 22.3 Å². The average molecular weight is 1980 g/mol. The molecule has 778 valence electrons. The van der Waals surface area contributed by atoms with E-state index in [0.29, 0.717) is 0 Å². The number of anilines is 3. The van der Waals surface area contributed by atoms with Crippen LogP contribution < -0.4 is 4.90 Å². The number of furan rings is 2. The SMILES string of the molecule is CCCCCCCCC1(CCCCCCCC)c2cc(N(c3cccc(C)c3)c3ccc4c(c3)C(CCCCCCC)(CCCCCCC)c3cc(-c5ccc(-c6ccc7c(c6)C(C)(C)c6cc(-c8ccc9c(c8)C(CCCCCCC)(CCCCCCC)c8ccccc8-9)ccc6-7)cc5)c5oc6ccccc6c5c3-4)ccc2-c2cc3c(cc21)-c1c(ccc2oc4ccccc4c12)C3(CCCCCCCC)CCCCCCCC. The zero-order valence-corrected chi connectivity index (χ0v) is 93.6. The summed E-state index contributed by atoms with van der Waals surface area (Å²) in [6, 6.07) is 98.9. The fourth-order valence-corrected chi connectivity index (χ4v) is 29.5. The van der Waals surface area contributed by atoms with Gasteiger partial charge in [-0.3, -0.25) is 0 Å². The minimum atomic E-state index is -0.288. The van der Waals surface area contributed by atoms with Gasteiger partial charge < -0.3 is 13.7 Å². The summed E-state index contributed by atoms with van der Waals surface area (Å²) in [5, 5.41) is 5.07. The predicted octanol–water partition coefficient (Wildman–Crippen LogP) is 46.1. The fourth-order valence-electron chi connectivity index (χ4n) is 29.5. The van der Waals surface area contributed by atoms with E-state index in [0.717, 1.165) is 48.0 Å². The monoisotopic (exact) mass is 1980 g/mol. The summed E-state index contributed by atoms with van der Waals surface area (Å²) in [6.07, 6.45) is 65.5. The molecule has 0 bridgehead atoms. The normalized spacial score (nSPS) is 14.6. The Labute approximate surface area is 898 Å². The van der Waals surface area contributed by atoms with Crippen molar-refractivity contribution in [3.8, 4) is 89.0 Å². The molecular formula is C146H177NO2. The van der Waals surface area contributed by atoms with Crippen LogP contribution in [0.25, 0.3) is 133 Å². The van der Waals surface area contributed by atoms with Crippen molar-refractivity contribution in [3.05, 3.63) is 304 Å². The third-order valence-corrected chi connectivity index (χ3v) is 37.5. The van der Waals surface area contributed by atoms with Crippen LogP contribution in [0, 0.1) is 6.92 Å². The Hall–Kier alpha value is -10.7. The van der Waals surface area contributed by atoms with E-state index < -0.39 is 0 Å². The number of fused-ring (bicyclic) bond motifs is 23. The lowest BCUT2D eigenvalue weighted by molar-refractivity contribution is 0.394. The van der Waals surface area contributed by atoms with Crippen molar-refractivity contribution in [1.82, 2.24) is 0 Å². The number of benzene rings is 13. The van der Waals surface area contributed by atoms with Crippen LogP contribution in [0.5, 0.6) is 0 Å². The van der Waals surface area contributed by atoms with Crippen molar-refractivity contribution >= 4 is 60.9 Å². The van der Waals surface area contributed by atoms with E-state index in [4.69, 9.17) is 8.83 Å². The van der Waals surface area contributed by atoms with E-state index >= 15 is 0 Å². The Balaban J connectivity index is 0.704. The van der Waals surface area contributed by atoms with Gasteiger partial charge in [-0.15, -0.1) is 0 Å². The molecule has 5 aliphatic carbocycles. The Morgan fingerprint density at radius 3 is 1.03 bits per heavy atom. The number of rotatable bonds is 58. The molecule has 0 radical (unpaired) electrons. The topological polar surface area (TPSA) is 29.5 Å². The molecule has 0 saturated heterocycles. The Bertz CT molecular complexity index is 7040. The highest BCUT2D eigenvalue weighted by Crippen LogP contribution is 2.67. The lowest BCUT2D eigenvalue weighted by atomic mass is 9.68. The summed E-state index contributed by atoms with van der Waals surface area (Å²) in [5.74, 6) is 0. The molecule has 20 rings (SSSR count). The zero-order chi connectivity index (χ0) is 102. The quantitative estimate of drug-likeness (QED) is 0.0356. The van der Waals surface area contributed by atoms with E-state index in [1.807, 2.05) is 0 Å². The Kier molecular flexibility index (Phi) is 34.0. The Morgan fingerprint density at radius 2 is 0.530 bits per heavy atom. The van der Waals surface area contributed by atoms with Gasteiger partial charge in [0, 0.05) is 71.2 Å². The maximum atomic E-state index is 7.53. The molecule has 0 amide bonds. The van der Waals surface area contributed by atoms with Gasteiger partial charge in [0.2, 0.25) is 0 Å². The molecule has 0 saturated carbocycles. The zero-order valence-electron chi connectivity index (χ0n) is 93.6. The maximum absolute atomic E-state index is 7.53. The van der Waals surface area contributed by atoms with E-state index in [9.17, 15) is 0 Å². The van der Waals surface area contributed by atoms with Gasteiger partial charge in [-0.2, -0.15) is 0 Å². The van der Waals surface area contributed by atoms with Gasteiger partial charge in [-0.1, -0.05) is 503 Å². The number of para-hydroxylation sites is 2. The van der Waals surface area contributed by atoms with Gasteiger partial charge in [0.25, 0.3) is 0 Å². The third-order valence-electron chi connectivity index (χ3n) is 37.5. The Morgan fingerprint density at radius 1 is 0.201 bits per heavy atom. The first-order chi connectivity index (χ1) is 73.2. The number of unbranched alkanes of at least 4 members (excludes halogenated alkanes) is 36. The first-order valence-electron chi connectivity index (χ1n) is 61.2. The molecule has 5 aliphatic rings. The van der Waals surface area contributed by atoms with Crippen LogP contribution in [0.15, 0.2) is 251 Å². The lowest BCUT2D eigenvalue weighted by Gasteiger charge is -2.36. The largest absolute Gasteiger partial charge is 0.456 e. The van der Waals surface area contributed by atoms with Crippen LogP contribution in [0.3, 0.4) is 0 Å². The van der Waals surface area contributed by atoms with Crippen molar-refractivity contribution in [3.63, 3.8) is 0 Å². The summed E-state index contributed by atoms with van der Waals surface area (Å²) < 4.78 is 14.6. The summed E-state index contributed by atoms with van der Waals surface area (Å²) in [7, 11) is 0. The van der Waals surface area contributed by atoms with E-state index in [2.05, 4.69) is 324 Å². The van der Waals surface area contributed by atoms with E-state index in [1.54, 1.807) is 33.4 Å². The van der Waals surface area contributed by atoms with Crippen molar-refractivity contribution in [1.29, 1.82) is 0 Å². The van der Waals surface area contributed by atoms with E-state index in [1.165, 1.54) is 464 Å². The highest BCUT2D eigenvalue weighted by Gasteiger charge is 2.52. The maximum Gasteiger partial charge on any atom is 0.143 e. The molecule has 2 aromatic heterocycles. The van der Waals surface area contributed by atoms with Gasteiger partial charge in [-0.05, 0) is 294 Å². The molecule has 3 heteroatoms. The molecule has 3 nitrogen and oxygen atoms in total. The van der Waals surface area contributed by atoms with Crippen LogP contribution in [0.1, 0.15) is 464 Å². The van der Waals surface area contributed by atoms with Crippen LogP contribution in [-0.2, 0) is 27.1 Å². The van der Waals surface area contributed by atoms with Gasteiger partial charge in [0.15, 0.2) is 0 Å². The number of hydrogen-bond donors (Lipinski definition) is 0. The third kappa shape index (κ3) is 20.7. The average Bonchev–Trinajstić information content (AvgIpc) is 1.52. The molecule has 0 atom stereocenters. The second kappa shape index (κ2) is 48.1. The summed E-state index contributed by atoms with van der Waals surface area (Å²) >= 11 is 0. The van der Waals surface area contributed by atoms with Crippen molar-refractivity contribution in [2.24, 2.45) is 0 Å². The summed E-state index contributed by atoms with van der Waals surface area (Å²) in [4.78, 5) is 2.74. The van der Waals surface area contributed by atoms with Gasteiger partial charge in [-0.25, -0.2) is 0 Å². The van der Waals surface area contributed by atoms with Gasteiger partial charge in [0.05, 0.1) is 0 Å².